The topological polar surface area (TPSA) is 33.1 Å². The van der Waals surface area contributed by atoms with E-state index in [-0.39, 0.29) is 11.3 Å². The fourth-order valence-corrected chi connectivity index (χ4v) is 2.64. The highest BCUT2D eigenvalue weighted by Crippen LogP contribution is 2.38. The van der Waals surface area contributed by atoms with Crippen molar-refractivity contribution in [3.63, 3.8) is 0 Å². The van der Waals surface area contributed by atoms with E-state index in [1.165, 1.54) is 18.3 Å². The summed E-state index contributed by atoms with van der Waals surface area (Å²) >= 11 is 0. The Morgan fingerprint density at radius 3 is 1.96 bits per heavy atom. The minimum absolute atomic E-state index is 0.113. The fraction of sp³-hybridized carbons (Fsp3) is 0.105. The van der Waals surface area contributed by atoms with Crippen LogP contribution in [0.15, 0.2) is 79.0 Å². The van der Waals surface area contributed by atoms with Gasteiger partial charge in [0.2, 0.25) is 0 Å². The summed E-state index contributed by atoms with van der Waals surface area (Å²) in [5.74, 6) is 0. The molecule has 1 atom stereocenters. The smallest absolute Gasteiger partial charge is 0.374 e. The minimum atomic E-state index is -4.49. The van der Waals surface area contributed by atoms with E-state index >= 15 is 0 Å². The third-order valence-corrected chi connectivity index (χ3v) is 3.83. The molecule has 0 radical (unpaired) electrons. The van der Waals surface area contributed by atoms with Gasteiger partial charge in [-0.1, -0.05) is 48.5 Å². The molecule has 0 spiro atoms. The van der Waals surface area contributed by atoms with E-state index in [0.29, 0.717) is 5.56 Å². The number of aromatic nitrogens is 1. The number of nitrogens with zero attached hydrogens (tertiary/aromatic N) is 1. The molecule has 0 aliphatic carbocycles. The molecule has 2 aromatic carbocycles. The predicted octanol–water partition coefficient (Wildman–Crippen LogP) is 4.38. The Morgan fingerprint density at radius 1 is 0.708 bits per heavy atom. The molecular weight excluding hydrogens is 315 g/mol. The number of hydrogen-bond donors (Lipinski definition) is 1. The van der Waals surface area contributed by atoms with E-state index in [2.05, 4.69) is 4.98 Å². The molecular formula is C19H14F3NO. The van der Waals surface area contributed by atoms with Crippen molar-refractivity contribution in [2.75, 3.05) is 0 Å². The maximum atomic E-state index is 13.1. The van der Waals surface area contributed by atoms with Crippen molar-refractivity contribution < 1.29 is 18.3 Å². The summed E-state index contributed by atoms with van der Waals surface area (Å²) in [6, 6.07) is 18.2. The Morgan fingerprint density at radius 2 is 1.33 bits per heavy atom. The maximum Gasteiger partial charge on any atom is 0.416 e. The van der Waals surface area contributed by atoms with Gasteiger partial charge in [0.05, 0.1) is 11.3 Å². The van der Waals surface area contributed by atoms with Crippen molar-refractivity contribution in [1.82, 2.24) is 4.98 Å². The normalized spacial score (nSPS) is 14.2. The zero-order chi connectivity index (χ0) is 17.2. The van der Waals surface area contributed by atoms with Crippen molar-refractivity contribution in [2.45, 2.75) is 11.8 Å². The molecule has 0 amide bonds. The summed E-state index contributed by atoms with van der Waals surface area (Å²) in [5.41, 5.74) is -1.77. The molecule has 1 unspecified atom stereocenters. The summed E-state index contributed by atoms with van der Waals surface area (Å²) < 4.78 is 39.2. The Hall–Kier alpha value is -2.66. The zero-order valence-electron chi connectivity index (χ0n) is 12.5. The first-order valence-electron chi connectivity index (χ1n) is 7.29. The summed E-state index contributed by atoms with van der Waals surface area (Å²) in [7, 11) is 0. The number of alkyl halides is 3. The van der Waals surface area contributed by atoms with E-state index in [1.807, 2.05) is 0 Å². The SMILES string of the molecule is OC(c1ccccc1)(c1cccc(C(F)(F)F)c1)c1ccccn1. The minimum Gasteiger partial charge on any atom is -0.374 e. The first kappa shape index (κ1) is 16.2. The number of pyridine rings is 1. The van der Waals surface area contributed by atoms with Crippen molar-refractivity contribution in [2.24, 2.45) is 0 Å². The fourth-order valence-electron chi connectivity index (χ4n) is 2.64. The van der Waals surface area contributed by atoms with Crippen LogP contribution < -0.4 is 0 Å². The number of hydrogen-bond acceptors (Lipinski definition) is 2. The second-order valence-electron chi connectivity index (χ2n) is 5.37. The Bertz CT molecular complexity index is 777. The van der Waals surface area contributed by atoms with Gasteiger partial charge in [-0.3, -0.25) is 4.98 Å². The number of halogens is 3. The lowest BCUT2D eigenvalue weighted by molar-refractivity contribution is -0.137. The summed E-state index contributed by atoms with van der Waals surface area (Å²) in [5, 5.41) is 11.4. The summed E-state index contributed by atoms with van der Waals surface area (Å²) in [6.07, 6.45) is -2.99. The van der Waals surface area contributed by atoms with Crippen LogP contribution in [-0.2, 0) is 11.8 Å². The van der Waals surface area contributed by atoms with Crippen molar-refractivity contribution in [1.29, 1.82) is 0 Å². The lowest BCUT2D eigenvalue weighted by Gasteiger charge is -2.29. The average molecular weight is 329 g/mol. The molecule has 0 aliphatic rings. The monoisotopic (exact) mass is 329 g/mol. The first-order chi connectivity index (χ1) is 11.4. The van der Waals surface area contributed by atoms with E-state index in [9.17, 15) is 18.3 Å². The van der Waals surface area contributed by atoms with Crippen LogP contribution in [0, 0.1) is 0 Å². The van der Waals surface area contributed by atoms with Crippen molar-refractivity contribution in [3.8, 4) is 0 Å². The van der Waals surface area contributed by atoms with E-state index < -0.39 is 17.3 Å². The van der Waals surface area contributed by atoms with Gasteiger partial charge in [-0.15, -0.1) is 0 Å². The van der Waals surface area contributed by atoms with Gasteiger partial charge in [0.15, 0.2) is 5.60 Å². The molecule has 122 valence electrons. The first-order valence-corrected chi connectivity index (χ1v) is 7.29. The zero-order valence-corrected chi connectivity index (χ0v) is 12.5. The molecule has 0 bridgehead atoms. The average Bonchev–Trinajstić information content (AvgIpc) is 2.62. The van der Waals surface area contributed by atoms with Crippen LogP contribution in [-0.4, -0.2) is 10.1 Å². The van der Waals surface area contributed by atoms with Gasteiger partial charge >= 0.3 is 6.18 Å². The van der Waals surface area contributed by atoms with Crippen LogP contribution in [0.3, 0.4) is 0 Å². The maximum absolute atomic E-state index is 13.1. The van der Waals surface area contributed by atoms with Crippen molar-refractivity contribution >= 4 is 0 Å². The van der Waals surface area contributed by atoms with Gasteiger partial charge in [-0.05, 0) is 35.4 Å². The Labute approximate surface area is 137 Å². The molecule has 1 N–H and O–H groups in total. The lowest BCUT2D eigenvalue weighted by Crippen LogP contribution is -2.30. The van der Waals surface area contributed by atoms with E-state index in [1.54, 1.807) is 48.5 Å². The van der Waals surface area contributed by atoms with Gasteiger partial charge in [-0.2, -0.15) is 13.2 Å². The molecule has 3 rings (SSSR count). The van der Waals surface area contributed by atoms with Crippen LogP contribution >= 0.6 is 0 Å². The molecule has 3 aromatic rings. The third kappa shape index (κ3) is 2.90. The van der Waals surface area contributed by atoms with Gasteiger partial charge in [0, 0.05) is 6.20 Å². The highest BCUT2D eigenvalue weighted by molar-refractivity contribution is 5.45. The molecule has 0 aliphatic heterocycles. The summed E-state index contributed by atoms with van der Waals surface area (Å²) in [6.45, 7) is 0. The molecule has 24 heavy (non-hydrogen) atoms. The van der Waals surface area contributed by atoms with Gasteiger partial charge in [0.1, 0.15) is 0 Å². The molecule has 1 heterocycles. The number of benzene rings is 2. The lowest BCUT2D eigenvalue weighted by atomic mass is 9.82. The molecule has 5 heteroatoms. The predicted molar refractivity (Wildman–Crippen MR) is 84.2 cm³/mol. The van der Waals surface area contributed by atoms with Gasteiger partial charge in [0.25, 0.3) is 0 Å². The van der Waals surface area contributed by atoms with Crippen LogP contribution in [0.2, 0.25) is 0 Å². The quantitative estimate of drug-likeness (QED) is 0.773. The van der Waals surface area contributed by atoms with Crippen molar-refractivity contribution in [3.05, 3.63) is 101 Å². The second kappa shape index (κ2) is 6.09. The van der Waals surface area contributed by atoms with E-state index in [0.717, 1.165) is 12.1 Å². The summed E-state index contributed by atoms with van der Waals surface area (Å²) in [4.78, 5) is 4.16. The standard InChI is InChI=1S/C19H14F3NO/c20-19(21,22)16-10-6-9-15(13-16)18(24,14-7-2-1-3-8-14)17-11-4-5-12-23-17/h1-13,24H. The van der Waals surface area contributed by atoms with Crippen LogP contribution in [0.25, 0.3) is 0 Å². The molecule has 2 nitrogen and oxygen atoms in total. The highest BCUT2D eigenvalue weighted by atomic mass is 19.4. The molecule has 1 aromatic heterocycles. The number of rotatable bonds is 3. The second-order valence-corrected chi connectivity index (χ2v) is 5.37. The van der Waals surface area contributed by atoms with Gasteiger partial charge in [-0.25, -0.2) is 0 Å². The highest BCUT2D eigenvalue weighted by Gasteiger charge is 2.38. The Kier molecular flexibility index (Phi) is 4.11. The third-order valence-electron chi connectivity index (χ3n) is 3.83. The Balaban J connectivity index is 2.24. The number of aliphatic hydroxyl groups is 1. The molecule has 0 fully saturated rings. The van der Waals surface area contributed by atoms with Crippen LogP contribution in [0.4, 0.5) is 13.2 Å². The molecule has 0 saturated heterocycles. The molecule has 0 saturated carbocycles. The van der Waals surface area contributed by atoms with Gasteiger partial charge < -0.3 is 5.11 Å². The van der Waals surface area contributed by atoms with E-state index in [4.69, 9.17) is 0 Å². The largest absolute Gasteiger partial charge is 0.416 e. The van der Waals surface area contributed by atoms with Crippen LogP contribution in [0.5, 0.6) is 0 Å². The van der Waals surface area contributed by atoms with Crippen LogP contribution in [0.1, 0.15) is 22.4 Å².